The van der Waals surface area contributed by atoms with Gasteiger partial charge in [0.2, 0.25) is 0 Å². The third-order valence-corrected chi connectivity index (χ3v) is 3.39. The normalized spacial score (nSPS) is 20.3. The largest absolute Gasteiger partial charge is 0.272 e. The summed E-state index contributed by atoms with van der Waals surface area (Å²) in [6, 6.07) is 10.4. The number of rotatable bonds is 1. The van der Waals surface area contributed by atoms with Gasteiger partial charge in [-0.25, -0.2) is 0 Å². The Morgan fingerprint density at radius 3 is 2.57 bits per heavy atom. The van der Waals surface area contributed by atoms with Crippen LogP contribution in [-0.4, -0.2) is 16.3 Å². The smallest absolute Gasteiger partial charge is 0.0983 e. The van der Waals surface area contributed by atoms with E-state index in [0.717, 1.165) is 0 Å². The predicted octanol–water partition coefficient (Wildman–Crippen LogP) is 3.35. The minimum atomic E-state index is 0.121. The lowest BCUT2D eigenvalue weighted by Crippen LogP contribution is -2.24. The molecule has 0 bridgehead atoms. The summed E-state index contributed by atoms with van der Waals surface area (Å²) in [6.07, 6.45) is 1.17. The highest BCUT2D eigenvalue weighted by molar-refractivity contribution is 8.14. The molecular formula is C12H15NS. The predicted molar refractivity (Wildman–Crippen MR) is 64.1 cm³/mol. The standard InChI is InChI=1S/C12H15NS/c1-12(2)8-9-14-11(13-12)10-6-4-3-5-7-10/h3-7H,8-9H2,1-2H3. The number of hydrogen-bond donors (Lipinski definition) is 0. The van der Waals surface area contributed by atoms with E-state index in [1.807, 2.05) is 17.8 Å². The van der Waals surface area contributed by atoms with Gasteiger partial charge in [0.25, 0.3) is 0 Å². The SMILES string of the molecule is CC1(C)CCSC(c2ccccc2)=N1. The maximum Gasteiger partial charge on any atom is 0.0983 e. The summed E-state index contributed by atoms with van der Waals surface area (Å²) in [7, 11) is 0. The van der Waals surface area contributed by atoms with Gasteiger partial charge in [-0.05, 0) is 20.3 Å². The molecule has 14 heavy (non-hydrogen) atoms. The van der Waals surface area contributed by atoms with Crippen LogP contribution >= 0.6 is 11.8 Å². The van der Waals surface area contributed by atoms with Crippen LogP contribution in [0, 0.1) is 0 Å². The molecule has 1 aliphatic rings. The summed E-state index contributed by atoms with van der Waals surface area (Å²) in [5.74, 6) is 1.18. The summed E-state index contributed by atoms with van der Waals surface area (Å²) in [6.45, 7) is 4.41. The number of benzene rings is 1. The summed E-state index contributed by atoms with van der Waals surface area (Å²) in [5, 5.41) is 1.20. The van der Waals surface area contributed by atoms with Gasteiger partial charge in [0, 0.05) is 11.3 Å². The summed E-state index contributed by atoms with van der Waals surface area (Å²) in [5.41, 5.74) is 1.38. The lowest BCUT2D eigenvalue weighted by molar-refractivity contribution is 0.508. The minimum Gasteiger partial charge on any atom is -0.272 e. The molecule has 1 nitrogen and oxygen atoms in total. The van der Waals surface area contributed by atoms with Crippen LogP contribution in [0.15, 0.2) is 35.3 Å². The van der Waals surface area contributed by atoms with Gasteiger partial charge in [-0.15, -0.1) is 11.8 Å². The first-order valence-electron chi connectivity index (χ1n) is 4.95. The zero-order valence-electron chi connectivity index (χ0n) is 8.66. The van der Waals surface area contributed by atoms with E-state index in [4.69, 9.17) is 4.99 Å². The van der Waals surface area contributed by atoms with Gasteiger partial charge in [0.15, 0.2) is 0 Å². The number of thioether (sulfide) groups is 1. The summed E-state index contributed by atoms with van der Waals surface area (Å²) in [4.78, 5) is 4.76. The maximum absolute atomic E-state index is 4.76. The molecule has 2 heteroatoms. The van der Waals surface area contributed by atoms with Crippen molar-refractivity contribution in [3.05, 3.63) is 35.9 Å². The van der Waals surface area contributed by atoms with Gasteiger partial charge in [0.05, 0.1) is 10.6 Å². The van der Waals surface area contributed by atoms with E-state index in [1.165, 1.54) is 22.8 Å². The van der Waals surface area contributed by atoms with Crippen molar-refractivity contribution in [2.75, 3.05) is 5.75 Å². The van der Waals surface area contributed by atoms with Crippen molar-refractivity contribution >= 4 is 16.8 Å². The maximum atomic E-state index is 4.76. The highest BCUT2D eigenvalue weighted by Gasteiger charge is 2.22. The Labute approximate surface area is 89.6 Å². The van der Waals surface area contributed by atoms with Gasteiger partial charge in [0.1, 0.15) is 0 Å². The number of aliphatic imine (C=N–C) groups is 1. The summed E-state index contributed by atoms with van der Waals surface area (Å²) >= 11 is 1.87. The molecule has 0 aliphatic carbocycles. The first-order chi connectivity index (χ1) is 6.67. The third kappa shape index (κ3) is 2.18. The van der Waals surface area contributed by atoms with E-state index in [-0.39, 0.29) is 5.54 Å². The Balaban J connectivity index is 2.31. The average Bonchev–Trinajstić information content (AvgIpc) is 2.18. The molecule has 0 unspecified atom stereocenters. The fourth-order valence-electron chi connectivity index (χ4n) is 1.49. The molecular weight excluding hydrogens is 190 g/mol. The lowest BCUT2D eigenvalue weighted by atomic mass is 10.0. The molecule has 0 saturated heterocycles. The summed E-state index contributed by atoms with van der Waals surface area (Å²) < 4.78 is 0. The molecule has 0 amide bonds. The molecule has 0 N–H and O–H groups in total. The van der Waals surface area contributed by atoms with Crippen molar-refractivity contribution in [1.29, 1.82) is 0 Å². The molecule has 2 rings (SSSR count). The molecule has 0 atom stereocenters. The molecule has 1 aromatic rings. The van der Waals surface area contributed by atoms with E-state index < -0.39 is 0 Å². The second kappa shape index (κ2) is 3.77. The van der Waals surface area contributed by atoms with Crippen molar-refractivity contribution in [1.82, 2.24) is 0 Å². The molecule has 1 aromatic carbocycles. The zero-order chi connectivity index (χ0) is 10.0. The van der Waals surface area contributed by atoms with Crippen LogP contribution in [0.1, 0.15) is 25.8 Å². The highest BCUT2D eigenvalue weighted by Crippen LogP contribution is 2.28. The fourth-order valence-corrected chi connectivity index (χ4v) is 2.90. The van der Waals surface area contributed by atoms with E-state index >= 15 is 0 Å². The first-order valence-corrected chi connectivity index (χ1v) is 5.94. The Hall–Kier alpha value is -0.760. The highest BCUT2D eigenvalue weighted by atomic mass is 32.2. The van der Waals surface area contributed by atoms with Crippen LogP contribution in [0.25, 0.3) is 0 Å². The van der Waals surface area contributed by atoms with E-state index in [2.05, 4.69) is 38.1 Å². The first kappa shape index (κ1) is 9.78. The van der Waals surface area contributed by atoms with Crippen molar-refractivity contribution < 1.29 is 0 Å². The Bertz CT molecular complexity index is 341. The van der Waals surface area contributed by atoms with Gasteiger partial charge >= 0.3 is 0 Å². The van der Waals surface area contributed by atoms with E-state index in [0.29, 0.717) is 0 Å². The van der Waals surface area contributed by atoms with Gasteiger partial charge in [-0.1, -0.05) is 30.3 Å². The minimum absolute atomic E-state index is 0.121. The van der Waals surface area contributed by atoms with Crippen molar-refractivity contribution in [2.24, 2.45) is 4.99 Å². The Morgan fingerprint density at radius 2 is 1.93 bits per heavy atom. The lowest BCUT2D eigenvalue weighted by Gasteiger charge is -2.26. The molecule has 1 heterocycles. The van der Waals surface area contributed by atoms with Crippen molar-refractivity contribution in [3.8, 4) is 0 Å². The van der Waals surface area contributed by atoms with Gasteiger partial charge < -0.3 is 0 Å². The Morgan fingerprint density at radius 1 is 1.21 bits per heavy atom. The molecule has 0 radical (unpaired) electrons. The number of hydrogen-bond acceptors (Lipinski definition) is 2. The Kier molecular flexibility index (Phi) is 2.64. The van der Waals surface area contributed by atoms with Crippen LogP contribution in [0.3, 0.4) is 0 Å². The van der Waals surface area contributed by atoms with Gasteiger partial charge in [-0.3, -0.25) is 4.99 Å². The van der Waals surface area contributed by atoms with Crippen LogP contribution in [0.2, 0.25) is 0 Å². The molecule has 74 valence electrons. The number of nitrogens with zero attached hydrogens (tertiary/aromatic N) is 1. The average molecular weight is 205 g/mol. The quantitative estimate of drug-likeness (QED) is 0.685. The van der Waals surface area contributed by atoms with Crippen LogP contribution in [0.4, 0.5) is 0 Å². The zero-order valence-corrected chi connectivity index (χ0v) is 9.47. The second-order valence-corrected chi connectivity index (χ2v) is 5.28. The third-order valence-electron chi connectivity index (χ3n) is 2.38. The molecule has 1 aliphatic heterocycles. The molecule has 0 fully saturated rings. The van der Waals surface area contributed by atoms with Crippen LogP contribution in [-0.2, 0) is 0 Å². The monoisotopic (exact) mass is 205 g/mol. The topological polar surface area (TPSA) is 12.4 Å². The molecule has 0 spiro atoms. The van der Waals surface area contributed by atoms with E-state index in [1.54, 1.807) is 0 Å². The van der Waals surface area contributed by atoms with Crippen molar-refractivity contribution in [3.63, 3.8) is 0 Å². The van der Waals surface area contributed by atoms with E-state index in [9.17, 15) is 0 Å². The van der Waals surface area contributed by atoms with Gasteiger partial charge in [-0.2, -0.15) is 0 Å². The fraction of sp³-hybridized carbons (Fsp3) is 0.417. The van der Waals surface area contributed by atoms with Crippen LogP contribution in [0.5, 0.6) is 0 Å². The molecule has 0 saturated carbocycles. The second-order valence-electron chi connectivity index (χ2n) is 4.19. The van der Waals surface area contributed by atoms with Crippen LogP contribution < -0.4 is 0 Å². The molecule has 0 aromatic heterocycles. The van der Waals surface area contributed by atoms with Crippen molar-refractivity contribution in [2.45, 2.75) is 25.8 Å².